The molecule has 0 aromatic heterocycles. The molecular weight excluding hydrogens is 318 g/mol. The maximum Gasteiger partial charge on any atom is 4.00 e. The molecule has 1 aliphatic rings. The van der Waals surface area contributed by atoms with Crippen molar-refractivity contribution in [3.8, 4) is 0 Å². The Bertz CT molecular complexity index is 243. The van der Waals surface area contributed by atoms with Gasteiger partial charge in [-0.05, 0) is 12.8 Å². The third kappa shape index (κ3) is 30.5. The fourth-order valence-electron chi connectivity index (χ4n) is 1.49. The van der Waals surface area contributed by atoms with Crippen molar-refractivity contribution in [2.45, 2.75) is 59.4 Å². The van der Waals surface area contributed by atoms with Gasteiger partial charge in [-0.15, -0.1) is 12.6 Å². The summed E-state index contributed by atoms with van der Waals surface area (Å²) in [5.41, 5.74) is 1.59. The molecule has 0 aromatic carbocycles. The molecule has 134 valence electrons. The van der Waals surface area contributed by atoms with E-state index in [4.69, 9.17) is 0 Å². The van der Waals surface area contributed by atoms with Crippen LogP contribution in [0.25, 0.3) is 16.0 Å². The first-order valence-corrected chi connectivity index (χ1v) is 8.24. The minimum absolute atomic E-state index is 0. The van der Waals surface area contributed by atoms with E-state index in [2.05, 4.69) is 48.0 Å². The molecular formula is C19H39N3Ti. The summed E-state index contributed by atoms with van der Waals surface area (Å²) >= 11 is 0. The van der Waals surface area contributed by atoms with Gasteiger partial charge in [-0.1, -0.05) is 64.3 Å². The van der Waals surface area contributed by atoms with Crippen molar-refractivity contribution in [1.29, 1.82) is 0 Å². The summed E-state index contributed by atoms with van der Waals surface area (Å²) in [7, 11) is 3.61. The van der Waals surface area contributed by atoms with Gasteiger partial charge in [0.1, 0.15) is 0 Å². The van der Waals surface area contributed by atoms with Gasteiger partial charge in [-0.2, -0.15) is 27.2 Å². The van der Waals surface area contributed by atoms with Crippen LogP contribution in [0, 0.1) is 7.43 Å². The van der Waals surface area contributed by atoms with Gasteiger partial charge >= 0.3 is 21.7 Å². The van der Waals surface area contributed by atoms with E-state index >= 15 is 0 Å². The normalized spacial score (nSPS) is 11.3. The maximum atomic E-state index is 4.45. The van der Waals surface area contributed by atoms with E-state index in [0.29, 0.717) is 6.04 Å². The van der Waals surface area contributed by atoms with Crippen LogP contribution < -0.4 is 0 Å². The second kappa shape index (κ2) is 26.9. The minimum Gasteiger partial charge on any atom is -0.665 e. The van der Waals surface area contributed by atoms with Crippen molar-refractivity contribution in [2.24, 2.45) is 0 Å². The summed E-state index contributed by atoms with van der Waals surface area (Å²) in [5, 5.41) is 11.9. The van der Waals surface area contributed by atoms with Crippen LogP contribution in [0.4, 0.5) is 0 Å². The van der Waals surface area contributed by atoms with Crippen molar-refractivity contribution in [3.63, 3.8) is 0 Å². The number of rotatable bonds is 8. The quantitative estimate of drug-likeness (QED) is 0.278. The van der Waals surface area contributed by atoms with Crippen molar-refractivity contribution < 1.29 is 21.7 Å². The van der Waals surface area contributed by atoms with E-state index in [-0.39, 0.29) is 29.1 Å². The molecule has 1 rings (SSSR count). The van der Waals surface area contributed by atoms with E-state index in [1.807, 2.05) is 13.8 Å². The zero-order valence-electron chi connectivity index (χ0n) is 16.6. The number of allylic oxidation sites excluding steroid dienone is 4. The van der Waals surface area contributed by atoms with Crippen LogP contribution in [0.2, 0.25) is 0 Å². The third-order valence-electron chi connectivity index (χ3n) is 2.88. The van der Waals surface area contributed by atoms with Crippen LogP contribution in [-0.2, 0) is 21.7 Å². The molecule has 0 atom stereocenters. The van der Waals surface area contributed by atoms with Gasteiger partial charge in [0, 0.05) is 0 Å². The van der Waals surface area contributed by atoms with Crippen molar-refractivity contribution in [3.05, 3.63) is 47.2 Å². The fourth-order valence-corrected chi connectivity index (χ4v) is 1.49. The van der Waals surface area contributed by atoms with E-state index in [0.717, 1.165) is 19.6 Å². The molecule has 4 heteroatoms. The number of unbranched alkanes of at least 4 members (excludes halogenated alkanes) is 1. The standard InChI is InChI=1S/C12H20N.2C3H8N.CH3.Ti/c1-11(2)13-10-6-5-9-12-7-3-4-8-12;2*1-3-4-2;;/h3-4,7,11H,5-6,8-10H2,1-2H3;2*3H2,1-2H3;1H3;/q4*-1;+4. The predicted molar refractivity (Wildman–Crippen MR) is 105 cm³/mol. The molecule has 1 aliphatic carbocycles. The van der Waals surface area contributed by atoms with Crippen LogP contribution >= 0.6 is 0 Å². The van der Waals surface area contributed by atoms with Crippen molar-refractivity contribution in [1.82, 2.24) is 0 Å². The second-order valence-corrected chi connectivity index (χ2v) is 5.18. The number of hydrogen-bond donors (Lipinski definition) is 0. The molecule has 0 radical (unpaired) electrons. The largest absolute Gasteiger partial charge is 4.00 e. The summed E-state index contributed by atoms with van der Waals surface area (Å²) in [6.07, 6.45) is 11.6. The van der Waals surface area contributed by atoms with Crippen LogP contribution in [-0.4, -0.2) is 39.8 Å². The van der Waals surface area contributed by atoms with Crippen LogP contribution in [0.3, 0.4) is 0 Å². The first kappa shape index (κ1) is 30.9. The molecule has 3 nitrogen and oxygen atoms in total. The Hall–Kier alpha value is 0.0743. The Morgan fingerprint density at radius 1 is 1.04 bits per heavy atom. The molecule has 0 saturated heterocycles. The average molecular weight is 357 g/mol. The van der Waals surface area contributed by atoms with Gasteiger partial charge in [0.05, 0.1) is 0 Å². The van der Waals surface area contributed by atoms with Gasteiger partial charge in [0.2, 0.25) is 0 Å². The first-order valence-electron chi connectivity index (χ1n) is 8.24. The summed E-state index contributed by atoms with van der Waals surface area (Å²) in [6, 6.07) is 0.507. The van der Waals surface area contributed by atoms with Gasteiger partial charge in [-0.25, -0.2) is 0 Å². The Labute approximate surface area is 162 Å². The second-order valence-electron chi connectivity index (χ2n) is 5.18. The summed E-state index contributed by atoms with van der Waals surface area (Å²) < 4.78 is 0. The topological polar surface area (TPSA) is 42.3 Å². The van der Waals surface area contributed by atoms with Crippen LogP contribution in [0.15, 0.2) is 23.8 Å². The molecule has 0 saturated carbocycles. The first-order chi connectivity index (χ1) is 10.1. The Balaban J connectivity index is -0.000000153. The molecule has 0 N–H and O–H groups in total. The zero-order chi connectivity index (χ0) is 16.3. The molecule has 0 aromatic rings. The van der Waals surface area contributed by atoms with E-state index < -0.39 is 0 Å². The van der Waals surface area contributed by atoms with E-state index in [9.17, 15) is 0 Å². The fraction of sp³-hybridized carbons (Fsp3) is 0.737. The zero-order valence-corrected chi connectivity index (χ0v) is 18.2. The van der Waals surface area contributed by atoms with Gasteiger partial charge in [0.25, 0.3) is 0 Å². The smallest absolute Gasteiger partial charge is 0.665 e. The molecule has 0 aliphatic heterocycles. The molecule has 0 spiro atoms. The Morgan fingerprint density at radius 2 is 1.57 bits per heavy atom. The molecule has 0 fully saturated rings. The number of hydrogen-bond acceptors (Lipinski definition) is 0. The van der Waals surface area contributed by atoms with Crippen LogP contribution in [0.1, 0.15) is 53.4 Å². The van der Waals surface area contributed by atoms with Crippen molar-refractivity contribution >= 4 is 0 Å². The molecule has 0 amide bonds. The van der Waals surface area contributed by atoms with Crippen LogP contribution in [0.5, 0.6) is 0 Å². The minimum atomic E-state index is 0. The third-order valence-corrected chi connectivity index (χ3v) is 2.88. The van der Waals surface area contributed by atoms with Gasteiger partial charge in [0.15, 0.2) is 0 Å². The van der Waals surface area contributed by atoms with Gasteiger partial charge in [-0.3, -0.25) is 0 Å². The SMILES string of the molecule is CC(C)[N-]CCCCC1=CC=CC1.CC[N-]C.CC[N-]C.[CH3-].[Ti+4]. The summed E-state index contributed by atoms with van der Waals surface area (Å²) in [4.78, 5) is 0. The molecule has 0 heterocycles. The Morgan fingerprint density at radius 3 is 1.91 bits per heavy atom. The van der Waals surface area contributed by atoms with Crippen molar-refractivity contribution in [2.75, 3.05) is 33.7 Å². The van der Waals surface area contributed by atoms with Gasteiger partial charge < -0.3 is 23.4 Å². The predicted octanol–water partition coefficient (Wildman–Crippen LogP) is 6.29. The van der Waals surface area contributed by atoms with E-state index in [1.165, 1.54) is 25.7 Å². The molecule has 0 bridgehead atoms. The Kier molecular flexibility index (Phi) is 36.2. The molecule has 23 heavy (non-hydrogen) atoms. The monoisotopic (exact) mass is 357 g/mol. The summed E-state index contributed by atoms with van der Waals surface area (Å²) in [5.74, 6) is 0. The van der Waals surface area contributed by atoms with E-state index in [1.54, 1.807) is 19.7 Å². The number of nitrogens with zero attached hydrogens (tertiary/aromatic N) is 3. The average Bonchev–Trinajstić information content (AvgIpc) is 3.00. The summed E-state index contributed by atoms with van der Waals surface area (Å²) in [6.45, 7) is 11.2. The molecule has 0 unspecified atom stereocenters. The maximum absolute atomic E-state index is 4.45.